The number of halogens is 1. The van der Waals surface area contributed by atoms with Crippen LogP contribution in [0.5, 0.6) is 0 Å². The van der Waals surface area contributed by atoms with Gasteiger partial charge >= 0.3 is 0 Å². The van der Waals surface area contributed by atoms with Crippen LogP contribution in [0.1, 0.15) is 20.8 Å². The number of hydrogen-bond acceptors (Lipinski definition) is 3. The summed E-state index contributed by atoms with van der Waals surface area (Å²) in [5, 5.41) is 12.4. The molecule has 2 rings (SSSR count). The van der Waals surface area contributed by atoms with Crippen molar-refractivity contribution < 1.29 is 9.50 Å². The zero-order chi connectivity index (χ0) is 13.3. The number of anilines is 1. The van der Waals surface area contributed by atoms with Gasteiger partial charge in [0.05, 0.1) is 17.6 Å². The Balaban J connectivity index is 2.53. The summed E-state index contributed by atoms with van der Waals surface area (Å²) in [5.74, 6) is 0.343. The Morgan fingerprint density at radius 3 is 2.72 bits per heavy atom. The van der Waals surface area contributed by atoms with Crippen molar-refractivity contribution in [2.24, 2.45) is 0 Å². The van der Waals surface area contributed by atoms with Crippen LogP contribution in [0.2, 0.25) is 0 Å². The van der Waals surface area contributed by atoms with Gasteiger partial charge in [0, 0.05) is 18.2 Å². The zero-order valence-corrected chi connectivity index (χ0v) is 10.9. The quantitative estimate of drug-likeness (QED) is 0.880. The molecule has 0 spiro atoms. The van der Waals surface area contributed by atoms with E-state index < -0.39 is 0 Å². The Kier molecular flexibility index (Phi) is 3.26. The number of nitrogens with zero attached hydrogens (tertiary/aromatic N) is 2. The van der Waals surface area contributed by atoms with Crippen LogP contribution in [0, 0.1) is 5.82 Å². The van der Waals surface area contributed by atoms with E-state index >= 15 is 0 Å². The highest BCUT2D eigenvalue weighted by Crippen LogP contribution is 2.22. The number of aliphatic hydroxyl groups is 1. The van der Waals surface area contributed by atoms with E-state index in [4.69, 9.17) is 5.11 Å². The molecule has 0 atom stereocenters. The van der Waals surface area contributed by atoms with E-state index in [2.05, 4.69) is 10.3 Å². The minimum atomic E-state index is -0.307. The number of nitrogens with one attached hydrogen (secondary N) is 1. The standard InChI is InChI=1S/C13H18FN3O/c1-13(2,3)16-12-15-10-8-9(14)4-5-11(10)17(12)6-7-18/h4-5,8,18H,6-7H2,1-3H3,(H,15,16). The Morgan fingerprint density at radius 2 is 2.11 bits per heavy atom. The van der Waals surface area contributed by atoms with E-state index in [1.54, 1.807) is 6.07 Å². The summed E-state index contributed by atoms with van der Waals surface area (Å²) in [4.78, 5) is 4.38. The normalized spacial score (nSPS) is 12.1. The maximum Gasteiger partial charge on any atom is 0.204 e. The van der Waals surface area contributed by atoms with Crippen molar-refractivity contribution in [2.75, 3.05) is 11.9 Å². The third-order valence-corrected chi connectivity index (χ3v) is 2.52. The van der Waals surface area contributed by atoms with Gasteiger partial charge in [-0.2, -0.15) is 0 Å². The Hall–Kier alpha value is -1.62. The molecule has 0 radical (unpaired) electrons. The molecule has 1 aromatic carbocycles. The molecule has 2 N–H and O–H groups in total. The summed E-state index contributed by atoms with van der Waals surface area (Å²) in [6, 6.07) is 4.48. The van der Waals surface area contributed by atoms with Crippen LogP contribution >= 0.6 is 0 Å². The summed E-state index contributed by atoms with van der Waals surface area (Å²) < 4.78 is 15.0. The molecule has 0 aliphatic rings. The van der Waals surface area contributed by atoms with Crippen LogP contribution in [-0.4, -0.2) is 26.8 Å². The molecule has 0 fully saturated rings. The summed E-state index contributed by atoms with van der Waals surface area (Å²) >= 11 is 0. The monoisotopic (exact) mass is 251 g/mol. The first-order chi connectivity index (χ1) is 8.40. The first-order valence-corrected chi connectivity index (χ1v) is 5.95. The molecule has 5 heteroatoms. The molecule has 0 bridgehead atoms. The third kappa shape index (κ3) is 2.61. The zero-order valence-electron chi connectivity index (χ0n) is 10.9. The molecule has 2 aromatic rings. The molecule has 0 aliphatic carbocycles. The van der Waals surface area contributed by atoms with E-state index in [-0.39, 0.29) is 18.0 Å². The lowest BCUT2D eigenvalue weighted by molar-refractivity contribution is 0.278. The molecule has 98 valence electrons. The van der Waals surface area contributed by atoms with Crippen LogP contribution in [0.15, 0.2) is 18.2 Å². The van der Waals surface area contributed by atoms with Crippen LogP contribution in [0.3, 0.4) is 0 Å². The number of aliphatic hydroxyl groups excluding tert-OH is 1. The highest BCUT2D eigenvalue weighted by molar-refractivity contribution is 5.78. The first-order valence-electron chi connectivity index (χ1n) is 5.95. The van der Waals surface area contributed by atoms with Gasteiger partial charge in [0.2, 0.25) is 5.95 Å². The number of aromatic nitrogens is 2. The van der Waals surface area contributed by atoms with E-state index in [1.807, 2.05) is 25.3 Å². The van der Waals surface area contributed by atoms with Crippen molar-refractivity contribution in [1.29, 1.82) is 0 Å². The predicted molar refractivity (Wildman–Crippen MR) is 70.2 cm³/mol. The molecule has 1 aromatic heterocycles. The van der Waals surface area contributed by atoms with Gasteiger partial charge in [-0.1, -0.05) is 0 Å². The minimum Gasteiger partial charge on any atom is -0.395 e. The fourth-order valence-electron chi connectivity index (χ4n) is 1.86. The number of fused-ring (bicyclic) bond motifs is 1. The molecular formula is C13H18FN3O. The molecule has 0 amide bonds. The van der Waals surface area contributed by atoms with E-state index in [0.717, 1.165) is 5.52 Å². The van der Waals surface area contributed by atoms with Gasteiger partial charge in [0.1, 0.15) is 5.82 Å². The fraction of sp³-hybridized carbons (Fsp3) is 0.462. The number of benzene rings is 1. The topological polar surface area (TPSA) is 50.1 Å². The highest BCUT2D eigenvalue weighted by atomic mass is 19.1. The summed E-state index contributed by atoms with van der Waals surface area (Å²) in [7, 11) is 0. The van der Waals surface area contributed by atoms with Crippen molar-refractivity contribution in [3.8, 4) is 0 Å². The average Bonchev–Trinajstić information content (AvgIpc) is 2.54. The van der Waals surface area contributed by atoms with Crippen LogP contribution in [0.25, 0.3) is 11.0 Å². The van der Waals surface area contributed by atoms with Crippen molar-refractivity contribution in [1.82, 2.24) is 9.55 Å². The third-order valence-electron chi connectivity index (χ3n) is 2.52. The van der Waals surface area contributed by atoms with Crippen LogP contribution in [0.4, 0.5) is 10.3 Å². The predicted octanol–water partition coefficient (Wildman–Crippen LogP) is 2.38. The maximum atomic E-state index is 13.2. The van der Waals surface area contributed by atoms with E-state index in [0.29, 0.717) is 18.0 Å². The molecule has 4 nitrogen and oxygen atoms in total. The molecule has 0 saturated carbocycles. The van der Waals surface area contributed by atoms with E-state index in [1.165, 1.54) is 12.1 Å². The van der Waals surface area contributed by atoms with Crippen LogP contribution < -0.4 is 5.32 Å². The number of imidazole rings is 1. The summed E-state index contributed by atoms with van der Waals surface area (Å²) in [6.45, 7) is 6.52. The minimum absolute atomic E-state index is 0.0155. The molecule has 0 saturated heterocycles. The van der Waals surface area contributed by atoms with E-state index in [9.17, 15) is 4.39 Å². The Labute approximate surface area is 105 Å². The van der Waals surface area contributed by atoms with Crippen LogP contribution in [-0.2, 0) is 6.54 Å². The average molecular weight is 251 g/mol. The second-order valence-corrected chi connectivity index (χ2v) is 5.32. The second kappa shape index (κ2) is 4.57. The lowest BCUT2D eigenvalue weighted by Gasteiger charge is -2.22. The van der Waals surface area contributed by atoms with Gasteiger partial charge < -0.3 is 15.0 Å². The molecular weight excluding hydrogens is 233 g/mol. The van der Waals surface area contributed by atoms with Gasteiger partial charge in [0.15, 0.2) is 0 Å². The molecule has 0 aliphatic heterocycles. The lowest BCUT2D eigenvalue weighted by Crippen LogP contribution is -2.28. The van der Waals surface area contributed by atoms with Crippen molar-refractivity contribution in [2.45, 2.75) is 32.9 Å². The lowest BCUT2D eigenvalue weighted by atomic mass is 10.1. The molecule has 18 heavy (non-hydrogen) atoms. The smallest absolute Gasteiger partial charge is 0.204 e. The van der Waals surface area contributed by atoms with Gasteiger partial charge in [0.25, 0.3) is 0 Å². The Bertz CT molecular complexity index is 557. The maximum absolute atomic E-state index is 13.2. The fourth-order valence-corrected chi connectivity index (χ4v) is 1.86. The van der Waals surface area contributed by atoms with Gasteiger partial charge in [-0.3, -0.25) is 0 Å². The number of rotatable bonds is 3. The molecule has 1 heterocycles. The van der Waals surface area contributed by atoms with Gasteiger partial charge in [-0.05, 0) is 32.9 Å². The van der Waals surface area contributed by atoms with Gasteiger partial charge in [-0.15, -0.1) is 0 Å². The van der Waals surface area contributed by atoms with Crippen molar-refractivity contribution in [3.63, 3.8) is 0 Å². The Morgan fingerprint density at radius 1 is 1.39 bits per heavy atom. The van der Waals surface area contributed by atoms with Gasteiger partial charge in [-0.25, -0.2) is 9.37 Å². The first kappa shape index (κ1) is 12.8. The summed E-state index contributed by atoms with van der Waals surface area (Å²) in [5.41, 5.74) is 1.26. The van der Waals surface area contributed by atoms with Crippen molar-refractivity contribution in [3.05, 3.63) is 24.0 Å². The largest absolute Gasteiger partial charge is 0.395 e. The molecule has 0 unspecified atom stereocenters. The second-order valence-electron chi connectivity index (χ2n) is 5.32. The highest BCUT2D eigenvalue weighted by Gasteiger charge is 2.16. The summed E-state index contributed by atoms with van der Waals surface area (Å²) in [6.07, 6.45) is 0. The number of hydrogen-bond donors (Lipinski definition) is 2. The van der Waals surface area contributed by atoms with Crippen molar-refractivity contribution >= 4 is 17.0 Å². The SMILES string of the molecule is CC(C)(C)Nc1nc2cc(F)ccc2n1CCO.